The van der Waals surface area contributed by atoms with Gasteiger partial charge in [0.1, 0.15) is 11.5 Å². The van der Waals surface area contributed by atoms with Gasteiger partial charge in [-0.25, -0.2) is 0 Å². The fourth-order valence-corrected chi connectivity index (χ4v) is 2.48. The van der Waals surface area contributed by atoms with E-state index in [1.807, 2.05) is 24.3 Å². The van der Waals surface area contributed by atoms with Crippen molar-refractivity contribution in [3.05, 3.63) is 24.3 Å². The van der Waals surface area contributed by atoms with Crippen LogP contribution in [0.1, 0.15) is 25.7 Å². The summed E-state index contributed by atoms with van der Waals surface area (Å²) >= 11 is 0. The number of aliphatic carboxylic acids is 1. The lowest BCUT2D eigenvalue weighted by Gasteiger charge is -2.27. The van der Waals surface area contributed by atoms with Crippen LogP contribution in [-0.2, 0) is 4.79 Å². The van der Waals surface area contributed by atoms with E-state index in [1.54, 1.807) is 7.11 Å². The zero-order valence-corrected chi connectivity index (χ0v) is 12.4. The molecule has 1 aliphatic rings. The van der Waals surface area contributed by atoms with Crippen LogP contribution in [0, 0.1) is 11.3 Å². The predicted octanol–water partition coefficient (Wildman–Crippen LogP) is 2.29. The van der Waals surface area contributed by atoms with Crippen LogP contribution < -0.4 is 15.2 Å². The summed E-state index contributed by atoms with van der Waals surface area (Å²) in [5, 5.41) is 9.51. The quantitative estimate of drug-likeness (QED) is 0.730. The van der Waals surface area contributed by atoms with Gasteiger partial charge in [0.2, 0.25) is 0 Å². The van der Waals surface area contributed by atoms with E-state index in [1.165, 1.54) is 0 Å². The first-order chi connectivity index (χ1) is 10.1. The van der Waals surface area contributed by atoms with Gasteiger partial charge < -0.3 is 20.3 Å². The summed E-state index contributed by atoms with van der Waals surface area (Å²) in [6.45, 7) is 0.507. The highest BCUT2D eigenvalue weighted by atomic mass is 16.5. The lowest BCUT2D eigenvalue weighted by atomic mass is 9.79. The van der Waals surface area contributed by atoms with Gasteiger partial charge in [-0.3, -0.25) is 4.79 Å². The number of methoxy groups -OCH3 is 1. The van der Waals surface area contributed by atoms with Crippen molar-refractivity contribution >= 4 is 5.97 Å². The van der Waals surface area contributed by atoms with Gasteiger partial charge in [-0.15, -0.1) is 0 Å². The van der Waals surface area contributed by atoms with Crippen LogP contribution in [0.4, 0.5) is 0 Å². The first-order valence-corrected chi connectivity index (χ1v) is 7.30. The SMILES string of the molecule is COc1ccc(OCCC(CN)(CC2CC2)C(=O)O)cc1. The van der Waals surface area contributed by atoms with Crippen LogP contribution >= 0.6 is 0 Å². The van der Waals surface area contributed by atoms with E-state index in [2.05, 4.69) is 0 Å². The van der Waals surface area contributed by atoms with Crippen LogP contribution in [-0.4, -0.2) is 31.3 Å². The zero-order valence-electron chi connectivity index (χ0n) is 12.4. The van der Waals surface area contributed by atoms with E-state index in [0.717, 1.165) is 18.6 Å². The van der Waals surface area contributed by atoms with Crippen molar-refractivity contribution in [1.82, 2.24) is 0 Å². The zero-order chi connectivity index (χ0) is 15.3. The van der Waals surface area contributed by atoms with E-state index >= 15 is 0 Å². The largest absolute Gasteiger partial charge is 0.497 e. The molecule has 0 heterocycles. The molecule has 21 heavy (non-hydrogen) atoms. The molecule has 0 aromatic heterocycles. The summed E-state index contributed by atoms with van der Waals surface area (Å²) < 4.78 is 10.7. The van der Waals surface area contributed by atoms with E-state index in [-0.39, 0.29) is 6.54 Å². The number of carboxylic acids is 1. The maximum absolute atomic E-state index is 11.6. The van der Waals surface area contributed by atoms with Gasteiger partial charge in [-0.05, 0) is 43.0 Å². The number of hydrogen-bond acceptors (Lipinski definition) is 4. The number of ether oxygens (including phenoxy) is 2. The molecule has 0 amide bonds. The Labute approximate surface area is 125 Å². The summed E-state index contributed by atoms with van der Waals surface area (Å²) in [6.07, 6.45) is 3.33. The molecule has 2 rings (SSSR count). The van der Waals surface area contributed by atoms with Gasteiger partial charge in [-0.1, -0.05) is 12.8 Å². The summed E-state index contributed by atoms with van der Waals surface area (Å²) in [7, 11) is 1.61. The minimum atomic E-state index is -0.854. The summed E-state index contributed by atoms with van der Waals surface area (Å²) in [5.74, 6) is 1.18. The van der Waals surface area contributed by atoms with Crippen molar-refractivity contribution < 1.29 is 19.4 Å². The summed E-state index contributed by atoms with van der Waals surface area (Å²) in [6, 6.07) is 7.25. The highest BCUT2D eigenvalue weighted by Crippen LogP contribution is 2.42. The maximum Gasteiger partial charge on any atom is 0.311 e. The lowest BCUT2D eigenvalue weighted by Crippen LogP contribution is -2.40. The minimum absolute atomic E-state index is 0.158. The van der Waals surface area contributed by atoms with Crippen LogP contribution in [0.2, 0.25) is 0 Å². The Hall–Kier alpha value is -1.75. The number of hydrogen-bond donors (Lipinski definition) is 2. The van der Waals surface area contributed by atoms with Crippen molar-refractivity contribution in [3.8, 4) is 11.5 Å². The third kappa shape index (κ3) is 4.11. The van der Waals surface area contributed by atoms with Gasteiger partial charge in [0.15, 0.2) is 0 Å². The van der Waals surface area contributed by atoms with Crippen LogP contribution in [0.5, 0.6) is 11.5 Å². The molecular weight excluding hydrogens is 270 g/mol. The number of nitrogens with two attached hydrogens (primary N) is 1. The Morgan fingerprint density at radius 2 is 1.95 bits per heavy atom. The van der Waals surface area contributed by atoms with Crippen molar-refractivity contribution in [2.75, 3.05) is 20.3 Å². The average Bonchev–Trinajstić information content (AvgIpc) is 3.30. The molecule has 1 atom stereocenters. The normalized spacial score (nSPS) is 17.0. The Kier molecular flexibility index (Phi) is 5.07. The van der Waals surface area contributed by atoms with Crippen molar-refractivity contribution in [3.63, 3.8) is 0 Å². The molecule has 1 aliphatic carbocycles. The molecule has 1 aromatic carbocycles. The van der Waals surface area contributed by atoms with Crippen molar-refractivity contribution in [2.45, 2.75) is 25.7 Å². The second-order valence-electron chi connectivity index (χ2n) is 5.71. The Bertz CT molecular complexity index is 470. The first kappa shape index (κ1) is 15.6. The van der Waals surface area contributed by atoms with Crippen molar-refractivity contribution in [1.29, 1.82) is 0 Å². The van der Waals surface area contributed by atoms with Gasteiger partial charge >= 0.3 is 5.97 Å². The van der Waals surface area contributed by atoms with Gasteiger partial charge in [0.25, 0.3) is 0 Å². The number of rotatable bonds is 9. The Balaban J connectivity index is 1.89. The molecule has 1 unspecified atom stereocenters. The molecule has 0 bridgehead atoms. The molecule has 1 saturated carbocycles. The molecule has 0 spiro atoms. The summed E-state index contributed by atoms with van der Waals surface area (Å²) in [5.41, 5.74) is 4.90. The molecule has 1 aromatic rings. The predicted molar refractivity (Wildman–Crippen MR) is 79.6 cm³/mol. The summed E-state index contributed by atoms with van der Waals surface area (Å²) in [4.78, 5) is 11.6. The standard InChI is InChI=1S/C16H23NO4/c1-20-13-4-6-14(7-5-13)21-9-8-16(11-17,15(18)19)10-12-2-3-12/h4-7,12H,2-3,8-11,17H2,1H3,(H,18,19). The highest BCUT2D eigenvalue weighted by molar-refractivity contribution is 5.75. The average molecular weight is 293 g/mol. The van der Waals surface area contributed by atoms with Crippen LogP contribution in [0.3, 0.4) is 0 Å². The van der Waals surface area contributed by atoms with Crippen molar-refractivity contribution in [2.24, 2.45) is 17.1 Å². The molecule has 0 radical (unpaired) electrons. The molecule has 0 saturated heterocycles. The fraction of sp³-hybridized carbons (Fsp3) is 0.562. The van der Waals surface area contributed by atoms with E-state index < -0.39 is 11.4 Å². The van der Waals surface area contributed by atoms with E-state index in [4.69, 9.17) is 15.2 Å². The van der Waals surface area contributed by atoms with E-state index in [9.17, 15) is 9.90 Å². The van der Waals surface area contributed by atoms with Gasteiger partial charge in [-0.2, -0.15) is 0 Å². The highest BCUT2D eigenvalue weighted by Gasteiger charge is 2.42. The number of benzene rings is 1. The molecule has 5 nitrogen and oxygen atoms in total. The fourth-order valence-electron chi connectivity index (χ4n) is 2.48. The van der Waals surface area contributed by atoms with Gasteiger partial charge in [0.05, 0.1) is 19.1 Å². The maximum atomic E-state index is 11.6. The molecule has 0 aliphatic heterocycles. The third-order valence-corrected chi connectivity index (χ3v) is 4.13. The Morgan fingerprint density at radius 1 is 1.33 bits per heavy atom. The second kappa shape index (κ2) is 6.80. The smallest absolute Gasteiger partial charge is 0.311 e. The monoisotopic (exact) mass is 293 g/mol. The van der Waals surface area contributed by atoms with Crippen LogP contribution in [0.25, 0.3) is 0 Å². The number of carboxylic acid groups (broad SMARTS) is 1. The third-order valence-electron chi connectivity index (χ3n) is 4.13. The molecule has 3 N–H and O–H groups in total. The van der Waals surface area contributed by atoms with Gasteiger partial charge in [0, 0.05) is 6.54 Å². The molecule has 5 heteroatoms. The first-order valence-electron chi connectivity index (χ1n) is 7.30. The second-order valence-corrected chi connectivity index (χ2v) is 5.71. The Morgan fingerprint density at radius 3 is 2.43 bits per heavy atom. The lowest BCUT2D eigenvalue weighted by molar-refractivity contribution is -0.150. The van der Waals surface area contributed by atoms with E-state index in [0.29, 0.717) is 31.1 Å². The number of carbonyl (C=O) groups is 1. The molecular formula is C16H23NO4. The van der Waals surface area contributed by atoms with Crippen LogP contribution in [0.15, 0.2) is 24.3 Å². The topological polar surface area (TPSA) is 81.8 Å². The minimum Gasteiger partial charge on any atom is -0.497 e. The molecule has 116 valence electrons. The molecule has 1 fully saturated rings.